The van der Waals surface area contributed by atoms with Crippen LogP contribution >= 0.6 is 0 Å². The molecule has 1 atom stereocenters. The molecule has 0 aliphatic heterocycles. The lowest BCUT2D eigenvalue weighted by atomic mass is 9.61. The van der Waals surface area contributed by atoms with Crippen molar-refractivity contribution in [3.05, 3.63) is 154 Å². The van der Waals surface area contributed by atoms with Gasteiger partial charge in [0, 0.05) is 5.41 Å². The van der Waals surface area contributed by atoms with Crippen LogP contribution in [-0.4, -0.2) is 0 Å². The first kappa shape index (κ1) is 21.1. The average Bonchev–Trinajstić information content (AvgIpc) is 2.92. The van der Waals surface area contributed by atoms with Gasteiger partial charge in [0.05, 0.1) is 0 Å². The molecule has 0 N–H and O–H groups in total. The van der Waals surface area contributed by atoms with Gasteiger partial charge in [0.15, 0.2) is 0 Å². The van der Waals surface area contributed by atoms with E-state index in [2.05, 4.69) is 135 Å². The smallest absolute Gasteiger partial charge is 0.0227 e. The summed E-state index contributed by atoms with van der Waals surface area (Å²) in [6.07, 6.45) is 5.69. The summed E-state index contributed by atoms with van der Waals surface area (Å²) >= 11 is 0. The zero-order valence-corrected chi connectivity index (χ0v) is 20.8. The highest BCUT2D eigenvalue weighted by Gasteiger charge is 2.40. The number of hydrogen-bond acceptors (Lipinski definition) is 0. The highest BCUT2D eigenvalue weighted by molar-refractivity contribution is 5.98. The molecule has 0 aromatic heterocycles. The summed E-state index contributed by atoms with van der Waals surface area (Å²) in [5.41, 5.74) is 13.4. The van der Waals surface area contributed by atoms with E-state index in [4.69, 9.17) is 0 Å². The molecule has 0 heteroatoms. The van der Waals surface area contributed by atoms with Gasteiger partial charge in [0.25, 0.3) is 0 Å². The Hall–Kier alpha value is -4.16. The van der Waals surface area contributed by atoms with Crippen LogP contribution in [0.25, 0.3) is 33.5 Å². The normalized spacial score (nSPS) is 18.1. The molecule has 0 bridgehead atoms. The van der Waals surface area contributed by atoms with E-state index in [1.54, 1.807) is 0 Å². The second kappa shape index (κ2) is 7.93. The maximum atomic E-state index is 2.44. The van der Waals surface area contributed by atoms with Crippen molar-refractivity contribution in [2.75, 3.05) is 0 Å². The van der Waals surface area contributed by atoms with E-state index in [0.29, 0.717) is 0 Å². The Morgan fingerprint density at radius 1 is 0.611 bits per heavy atom. The predicted molar refractivity (Wildman–Crippen MR) is 153 cm³/mol. The van der Waals surface area contributed by atoms with Gasteiger partial charge in [-0.25, -0.2) is 0 Å². The van der Waals surface area contributed by atoms with Gasteiger partial charge in [-0.2, -0.15) is 0 Å². The molecule has 36 heavy (non-hydrogen) atoms. The molecule has 5 aromatic carbocycles. The summed E-state index contributed by atoms with van der Waals surface area (Å²) in [6.45, 7) is 4.58. The fourth-order valence-electron chi connectivity index (χ4n) is 6.34. The summed E-state index contributed by atoms with van der Waals surface area (Å²) in [4.78, 5) is 0. The Balaban J connectivity index is 1.48. The summed E-state index contributed by atoms with van der Waals surface area (Å²) in [5.74, 6) is 0. The second-order valence-electron chi connectivity index (χ2n) is 10.5. The Morgan fingerprint density at radius 3 is 2.08 bits per heavy atom. The average molecular weight is 461 g/mol. The van der Waals surface area contributed by atoms with E-state index in [-0.39, 0.29) is 5.41 Å². The quantitative estimate of drug-likeness (QED) is 0.246. The van der Waals surface area contributed by atoms with Crippen molar-refractivity contribution in [3.63, 3.8) is 0 Å². The Kier molecular flexibility index (Phi) is 4.66. The monoisotopic (exact) mass is 460 g/mol. The highest BCUT2D eigenvalue weighted by Crippen LogP contribution is 2.52. The topological polar surface area (TPSA) is 0 Å². The Labute approximate surface area is 213 Å². The molecule has 0 heterocycles. The van der Waals surface area contributed by atoms with Crippen molar-refractivity contribution in [2.24, 2.45) is 0 Å². The first-order valence-corrected chi connectivity index (χ1v) is 12.8. The fraction of sp³-hybridized carbons (Fsp3) is 0.111. The minimum absolute atomic E-state index is 0.0760. The van der Waals surface area contributed by atoms with Crippen molar-refractivity contribution < 1.29 is 0 Å². The molecule has 0 amide bonds. The van der Waals surface area contributed by atoms with Crippen molar-refractivity contribution in [1.82, 2.24) is 0 Å². The van der Waals surface area contributed by atoms with E-state index < -0.39 is 0 Å². The van der Waals surface area contributed by atoms with Gasteiger partial charge >= 0.3 is 0 Å². The number of benzene rings is 5. The zero-order valence-electron chi connectivity index (χ0n) is 20.8. The van der Waals surface area contributed by atoms with Crippen LogP contribution in [0.15, 0.2) is 121 Å². The number of allylic oxidation sites excluding steroid dienone is 2. The third-order valence-electron chi connectivity index (χ3n) is 8.25. The third-order valence-corrected chi connectivity index (χ3v) is 8.25. The molecular weight excluding hydrogens is 432 g/mol. The van der Waals surface area contributed by atoms with Gasteiger partial charge in [-0.15, -0.1) is 0 Å². The van der Waals surface area contributed by atoms with E-state index in [1.807, 2.05) is 0 Å². The standard InChI is InChI=1S/C36H28/c1-24-11-13-25(14-12-24)26-15-17-29(18-16-26)35-31-21-19-27-7-3-5-9-30(27)32(31)23-36(2)33-10-6-4-8-28(33)20-22-34(35)36/h3-22H,23H2,1-2H3. The molecule has 0 saturated carbocycles. The lowest BCUT2D eigenvalue weighted by molar-refractivity contribution is 0.558. The van der Waals surface area contributed by atoms with Gasteiger partial charge < -0.3 is 0 Å². The zero-order chi connectivity index (χ0) is 24.3. The number of rotatable bonds is 2. The van der Waals surface area contributed by atoms with Gasteiger partial charge in [-0.3, -0.25) is 0 Å². The molecule has 0 nitrogen and oxygen atoms in total. The van der Waals surface area contributed by atoms with E-state index in [1.165, 1.54) is 66.4 Å². The van der Waals surface area contributed by atoms with Crippen LogP contribution in [0.3, 0.4) is 0 Å². The van der Waals surface area contributed by atoms with Crippen LogP contribution < -0.4 is 0 Å². The maximum Gasteiger partial charge on any atom is 0.0227 e. The van der Waals surface area contributed by atoms with Gasteiger partial charge in [0.1, 0.15) is 0 Å². The predicted octanol–water partition coefficient (Wildman–Crippen LogP) is 9.16. The van der Waals surface area contributed by atoms with E-state index >= 15 is 0 Å². The number of fused-ring (bicyclic) bond motifs is 6. The summed E-state index contributed by atoms with van der Waals surface area (Å²) < 4.78 is 0. The first-order valence-electron chi connectivity index (χ1n) is 12.8. The third kappa shape index (κ3) is 3.14. The lowest BCUT2D eigenvalue weighted by Crippen LogP contribution is -2.34. The van der Waals surface area contributed by atoms with Crippen LogP contribution in [0.4, 0.5) is 0 Å². The molecule has 2 aliphatic carbocycles. The Bertz CT molecular complexity index is 1690. The molecule has 0 radical (unpaired) electrons. The summed E-state index contributed by atoms with van der Waals surface area (Å²) in [7, 11) is 0. The molecule has 2 aliphatic rings. The number of hydrogen-bond donors (Lipinski definition) is 0. The minimum Gasteiger partial charge on any atom is -0.0619 e. The summed E-state index contributed by atoms with van der Waals surface area (Å²) in [5, 5.41) is 2.69. The Morgan fingerprint density at radius 2 is 1.28 bits per heavy atom. The van der Waals surface area contributed by atoms with Crippen LogP contribution in [0.1, 0.15) is 40.3 Å². The molecular formula is C36H28. The van der Waals surface area contributed by atoms with Crippen LogP contribution in [0, 0.1) is 6.92 Å². The molecule has 0 fully saturated rings. The first-order chi connectivity index (χ1) is 17.6. The molecule has 172 valence electrons. The molecule has 0 spiro atoms. The number of aryl methyl sites for hydroxylation is 1. The van der Waals surface area contributed by atoms with Crippen molar-refractivity contribution in [3.8, 4) is 11.1 Å². The second-order valence-corrected chi connectivity index (χ2v) is 10.5. The van der Waals surface area contributed by atoms with Crippen LogP contribution in [0.5, 0.6) is 0 Å². The molecule has 5 aromatic rings. The van der Waals surface area contributed by atoms with Crippen LogP contribution in [0.2, 0.25) is 0 Å². The molecule has 1 unspecified atom stereocenters. The fourth-order valence-corrected chi connectivity index (χ4v) is 6.34. The SMILES string of the molecule is Cc1ccc(-c2ccc(C3=C4C=Cc5ccccc5C4(C)Cc4c3ccc3ccccc43)cc2)cc1. The van der Waals surface area contributed by atoms with Gasteiger partial charge in [-0.05, 0) is 74.2 Å². The largest absolute Gasteiger partial charge is 0.0619 e. The van der Waals surface area contributed by atoms with E-state index in [9.17, 15) is 0 Å². The molecule has 7 rings (SSSR count). The van der Waals surface area contributed by atoms with Crippen molar-refractivity contribution >= 4 is 22.4 Å². The van der Waals surface area contributed by atoms with Gasteiger partial charge in [-0.1, -0.05) is 134 Å². The van der Waals surface area contributed by atoms with Gasteiger partial charge in [0.2, 0.25) is 0 Å². The van der Waals surface area contributed by atoms with Crippen LogP contribution in [-0.2, 0) is 11.8 Å². The van der Waals surface area contributed by atoms with Crippen molar-refractivity contribution in [2.45, 2.75) is 25.7 Å². The maximum absolute atomic E-state index is 2.44. The van der Waals surface area contributed by atoms with E-state index in [0.717, 1.165) is 6.42 Å². The lowest BCUT2D eigenvalue weighted by Gasteiger charge is -2.42. The minimum atomic E-state index is -0.0760. The van der Waals surface area contributed by atoms with Crippen molar-refractivity contribution in [1.29, 1.82) is 0 Å². The molecule has 0 saturated heterocycles. The highest BCUT2D eigenvalue weighted by atomic mass is 14.4. The summed E-state index contributed by atoms with van der Waals surface area (Å²) in [6, 6.07) is 40.4.